The molecule has 1 fully saturated rings. The predicted octanol–water partition coefficient (Wildman–Crippen LogP) is 0.961. The van der Waals surface area contributed by atoms with Gasteiger partial charge in [-0.1, -0.05) is 6.92 Å². The largest absolute Gasteiger partial charge is 0.394 e. The Morgan fingerprint density at radius 3 is 2.65 bits per heavy atom. The summed E-state index contributed by atoms with van der Waals surface area (Å²) in [5.41, 5.74) is -0.547. The molecular formula is C13H20BrN3O3. The van der Waals surface area contributed by atoms with E-state index in [2.05, 4.69) is 26.3 Å². The molecule has 0 saturated heterocycles. The van der Waals surface area contributed by atoms with Crippen LogP contribution in [0.3, 0.4) is 0 Å². The number of hydrogen-bond donors (Lipinski definition) is 3. The van der Waals surface area contributed by atoms with Gasteiger partial charge in [0.1, 0.15) is 4.47 Å². The van der Waals surface area contributed by atoms with Gasteiger partial charge in [0, 0.05) is 6.54 Å². The Kier molecular flexibility index (Phi) is 4.82. The lowest BCUT2D eigenvalue weighted by molar-refractivity contribution is 0.132. The Hall–Kier alpha value is -0.920. The van der Waals surface area contributed by atoms with E-state index in [1.54, 1.807) is 6.20 Å². The highest BCUT2D eigenvalue weighted by atomic mass is 79.9. The van der Waals surface area contributed by atoms with Gasteiger partial charge in [-0.3, -0.25) is 4.79 Å². The maximum Gasteiger partial charge on any atom is 0.283 e. The van der Waals surface area contributed by atoms with E-state index in [0.717, 1.165) is 12.8 Å². The third-order valence-electron chi connectivity index (χ3n) is 3.79. The highest BCUT2D eigenvalue weighted by Gasteiger charge is 2.28. The lowest BCUT2D eigenvalue weighted by Gasteiger charge is -2.31. The topological polar surface area (TPSA) is 87.4 Å². The van der Waals surface area contributed by atoms with Crippen LogP contribution in [0.25, 0.3) is 0 Å². The van der Waals surface area contributed by atoms with Gasteiger partial charge < -0.3 is 15.5 Å². The van der Waals surface area contributed by atoms with Crippen LogP contribution < -0.4 is 10.9 Å². The molecule has 0 amide bonds. The Bertz CT molecular complexity index is 516. The molecule has 1 aliphatic carbocycles. The molecule has 2 rings (SSSR count). The molecule has 1 aromatic rings. The van der Waals surface area contributed by atoms with Crippen LogP contribution in [-0.4, -0.2) is 38.7 Å². The Morgan fingerprint density at radius 1 is 1.50 bits per heavy atom. The fourth-order valence-electron chi connectivity index (χ4n) is 1.95. The van der Waals surface area contributed by atoms with Crippen LogP contribution >= 0.6 is 15.9 Å². The highest BCUT2D eigenvalue weighted by molar-refractivity contribution is 9.10. The number of anilines is 1. The number of aromatic nitrogens is 2. The second-order valence-electron chi connectivity index (χ2n) is 5.38. The van der Waals surface area contributed by atoms with Crippen molar-refractivity contribution >= 4 is 21.6 Å². The molecular weight excluding hydrogens is 326 g/mol. The van der Waals surface area contributed by atoms with Crippen LogP contribution in [0.1, 0.15) is 26.2 Å². The summed E-state index contributed by atoms with van der Waals surface area (Å²) < 4.78 is 1.84. The first-order valence-corrected chi connectivity index (χ1v) is 7.60. The monoisotopic (exact) mass is 345 g/mol. The van der Waals surface area contributed by atoms with E-state index < -0.39 is 5.54 Å². The second kappa shape index (κ2) is 6.24. The first-order chi connectivity index (χ1) is 9.55. The van der Waals surface area contributed by atoms with Gasteiger partial charge in [0.05, 0.1) is 30.6 Å². The fraction of sp³-hybridized carbons (Fsp3) is 0.692. The summed E-state index contributed by atoms with van der Waals surface area (Å²) in [6.07, 6.45) is 4.39. The summed E-state index contributed by atoms with van der Waals surface area (Å²) in [4.78, 5) is 12.2. The van der Waals surface area contributed by atoms with Crippen molar-refractivity contribution in [3.8, 4) is 0 Å². The summed E-state index contributed by atoms with van der Waals surface area (Å²) >= 11 is 3.28. The van der Waals surface area contributed by atoms with Gasteiger partial charge in [0.25, 0.3) is 5.56 Å². The normalized spacial score (nSPS) is 15.4. The zero-order valence-electron chi connectivity index (χ0n) is 11.5. The summed E-state index contributed by atoms with van der Waals surface area (Å²) in [6, 6.07) is 0. The molecule has 0 atom stereocenters. The number of aliphatic hydroxyl groups is 2. The minimum atomic E-state index is -0.848. The lowest BCUT2D eigenvalue weighted by atomic mass is 9.98. The lowest BCUT2D eigenvalue weighted by Crippen LogP contribution is -2.45. The van der Waals surface area contributed by atoms with Crippen LogP contribution in [0.4, 0.5) is 5.69 Å². The molecule has 7 heteroatoms. The molecule has 6 nitrogen and oxygen atoms in total. The van der Waals surface area contributed by atoms with E-state index in [9.17, 15) is 15.0 Å². The fourth-order valence-corrected chi connectivity index (χ4v) is 2.36. The predicted molar refractivity (Wildman–Crippen MR) is 79.7 cm³/mol. The molecule has 20 heavy (non-hydrogen) atoms. The number of aliphatic hydroxyl groups excluding tert-OH is 2. The van der Waals surface area contributed by atoms with Crippen molar-refractivity contribution in [2.45, 2.75) is 38.3 Å². The average Bonchev–Trinajstić information content (AvgIpc) is 3.28. The smallest absolute Gasteiger partial charge is 0.283 e. The summed E-state index contributed by atoms with van der Waals surface area (Å²) in [5, 5.41) is 26.1. The van der Waals surface area contributed by atoms with Crippen molar-refractivity contribution in [3.63, 3.8) is 0 Å². The minimum Gasteiger partial charge on any atom is -0.394 e. The first kappa shape index (κ1) is 15.5. The van der Waals surface area contributed by atoms with E-state index in [1.165, 1.54) is 4.68 Å². The molecule has 0 unspecified atom stereocenters. The van der Waals surface area contributed by atoms with Gasteiger partial charge in [0.15, 0.2) is 0 Å². The van der Waals surface area contributed by atoms with Gasteiger partial charge >= 0.3 is 0 Å². The van der Waals surface area contributed by atoms with Crippen molar-refractivity contribution < 1.29 is 10.2 Å². The molecule has 112 valence electrons. The molecule has 3 N–H and O–H groups in total. The molecule has 1 aromatic heterocycles. The van der Waals surface area contributed by atoms with E-state index in [1.807, 2.05) is 6.92 Å². The standard InChI is InChI=1S/C13H20BrN3O3/c1-2-13(7-18,8-19)16-10-5-15-17(6-9-3-4-9)12(20)11(10)14/h5,9,16,18-19H,2-4,6-8H2,1H3. The van der Waals surface area contributed by atoms with Crippen molar-refractivity contribution in [1.82, 2.24) is 9.78 Å². The first-order valence-electron chi connectivity index (χ1n) is 6.80. The third kappa shape index (κ3) is 3.21. The second-order valence-corrected chi connectivity index (χ2v) is 6.17. The average molecular weight is 346 g/mol. The zero-order valence-corrected chi connectivity index (χ0v) is 13.1. The van der Waals surface area contributed by atoms with Gasteiger partial charge in [-0.2, -0.15) is 5.10 Å². The van der Waals surface area contributed by atoms with Crippen LogP contribution in [0.15, 0.2) is 15.5 Å². The molecule has 1 heterocycles. The molecule has 0 spiro atoms. The van der Waals surface area contributed by atoms with E-state index in [-0.39, 0.29) is 18.8 Å². The molecule has 0 radical (unpaired) electrons. The van der Waals surface area contributed by atoms with E-state index >= 15 is 0 Å². The number of rotatable bonds is 7. The number of hydrogen-bond acceptors (Lipinski definition) is 5. The van der Waals surface area contributed by atoms with Crippen molar-refractivity contribution in [3.05, 3.63) is 21.0 Å². The minimum absolute atomic E-state index is 0.192. The summed E-state index contributed by atoms with van der Waals surface area (Å²) in [6.45, 7) is 2.06. The Labute approximate surface area is 125 Å². The maximum atomic E-state index is 12.2. The van der Waals surface area contributed by atoms with Crippen molar-refractivity contribution in [2.24, 2.45) is 5.92 Å². The van der Waals surface area contributed by atoms with Crippen molar-refractivity contribution in [1.29, 1.82) is 0 Å². The van der Waals surface area contributed by atoms with Crippen LogP contribution in [0.5, 0.6) is 0 Å². The van der Waals surface area contributed by atoms with Crippen LogP contribution in [0, 0.1) is 5.92 Å². The Balaban J connectivity index is 2.24. The zero-order chi connectivity index (χ0) is 14.8. The van der Waals surface area contributed by atoms with Gasteiger partial charge in [-0.25, -0.2) is 4.68 Å². The number of nitrogens with one attached hydrogen (secondary N) is 1. The number of nitrogens with zero attached hydrogens (tertiary/aromatic N) is 2. The van der Waals surface area contributed by atoms with Gasteiger partial charge in [-0.05, 0) is 41.1 Å². The maximum absolute atomic E-state index is 12.2. The molecule has 0 aromatic carbocycles. The molecule has 1 aliphatic rings. The van der Waals surface area contributed by atoms with Gasteiger partial charge in [0.2, 0.25) is 0 Å². The SMILES string of the molecule is CCC(CO)(CO)Nc1cnn(CC2CC2)c(=O)c1Br. The van der Waals surface area contributed by atoms with Crippen molar-refractivity contribution in [2.75, 3.05) is 18.5 Å². The highest BCUT2D eigenvalue weighted by Crippen LogP contribution is 2.30. The summed E-state index contributed by atoms with van der Waals surface area (Å²) in [7, 11) is 0. The number of halogens is 1. The molecule has 1 saturated carbocycles. The third-order valence-corrected chi connectivity index (χ3v) is 4.56. The van der Waals surface area contributed by atoms with Gasteiger partial charge in [-0.15, -0.1) is 0 Å². The van der Waals surface area contributed by atoms with E-state index in [4.69, 9.17) is 0 Å². The van der Waals surface area contributed by atoms with Crippen LogP contribution in [-0.2, 0) is 6.54 Å². The summed E-state index contributed by atoms with van der Waals surface area (Å²) in [5.74, 6) is 0.565. The molecule has 0 aliphatic heterocycles. The Morgan fingerprint density at radius 2 is 2.15 bits per heavy atom. The quantitative estimate of drug-likeness (QED) is 0.685. The van der Waals surface area contributed by atoms with Crippen LogP contribution in [0.2, 0.25) is 0 Å². The molecule has 0 bridgehead atoms. The van der Waals surface area contributed by atoms with E-state index in [0.29, 0.717) is 29.0 Å².